The van der Waals surface area contributed by atoms with Crippen molar-refractivity contribution >= 4 is 29.3 Å². The first-order valence-electron chi connectivity index (χ1n) is 9.85. The third kappa shape index (κ3) is 3.41. The summed E-state index contributed by atoms with van der Waals surface area (Å²) in [6.45, 7) is 7.82. The van der Waals surface area contributed by atoms with Gasteiger partial charge in [0.2, 0.25) is 0 Å². The molecule has 0 aliphatic carbocycles. The summed E-state index contributed by atoms with van der Waals surface area (Å²) >= 11 is 1.46. The molecule has 1 saturated heterocycles. The van der Waals surface area contributed by atoms with Gasteiger partial charge in [-0.15, -0.1) is 0 Å². The molecule has 28 heavy (non-hydrogen) atoms. The molecular weight excluding hydrogens is 370 g/mol. The number of pyridine rings is 1. The topological polar surface area (TPSA) is 53.5 Å². The minimum absolute atomic E-state index is 0.00232. The molecule has 2 aromatic rings. The molecule has 146 valence electrons. The van der Waals surface area contributed by atoms with Crippen LogP contribution >= 0.6 is 11.8 Å². The molecule has 1 aromatic heterocycles. The van der Waals surface area contributed by atoms with Crippen LogP contribution in [0.25, 0.3) is 0 Å². The van der Waals surface area contributed by atoms with Gasteiger partial charge < -0.3 is 9.80 Å². The molecule has 2 aliphatic rings. The zero-order chi connectivity index (χ0) is 19.8. The number of piperidine rings is 1. The highest BCUT2D eigenvalue weighted by Gasteiger charge is 2.31. The molecule has 1 fully saturated rings. The Balaban J connectivity index is 1.75. The van der Waals surface area contributed by atoms with E-state index in [-0.39, 0.29) is 17.9 Å². The van der Waals surface area contributed by atoms with Crippen molar-refractivity contribution in [2.75, 3.05) is 18.0 Å². The maximum atomic E-state index is 13.1. The Hall–Kier alpha value is -2.34. The van der Waals surface area contributed by atoms with Crippen LogP contribution in [-0.2, 0) is 0 Å². The van der Waals surface area contributed by atoms with Gasteiger partial charge in [0.05, 0.1) is 11.3 Å². The van der Waals surface area contributed by atoms with E-state index in [9.17, 15) is 9.59 Å². The van der Waals surface area contributed by atoms with E-state index in [1.54, 1.807) is 17.2 Å². The van der Waals surface area contributed by atoms with Gasteiger partial charge in [-0.3, -0.25) is 9.59 Å². The summed E-state index contributed by atoms with van der Waals surface area (Å²) < 4.78 is 0. The number of hydrogen-bond acceptors (Lipinski definition) is 4. The Morgan fingerprint density at radius 2 is 2.11 bits per heavy atom. The Morgan fingerprint density at radius 3 is 2.86 bits per heavy atom. The minimum Gasteiger partial charge on any atom is -0.338 e. The van der Waals surface area contributed by atoms with Crippen molar-refractivity contribution in [2.45, 2.75) is 49.6 Å². The summed E-state index contributed by atoms with van der Waals surface area (Å²) in [6, 6.07) is 9.30. The number of aromatic nitrogens is 1. The highest BCUT2D eigenvalue weighted by molar-refractivity contribution is 7.99. The number of anilines is 1. The van der Waals surface area contributed by atoms with E-state index in [1.165, 1.54) is 18.2 Å². The van der Waals surface area contributed by atoms with Gasteiger partial charge in [-0.1, -0.05) is 18.7 Å². The molecule has 0 N–H and O–H groups in total. The van der Waals surface area contributed by atoms with Crippen molar-refractivity contribution in [3.8, 4) is 0 Å². The van der Waals surface area contributed by atoms with Crippen molar-refractivity contribution in [3.05, 3.63) is 47.7 Å². The van der Waals surface area contributed by atoms with Crippen LogP contribution < -0.4 is 4.90 Å². The number of carbonyl (C=O) groups is 2. The number of rotatable bonds is 2. The largest absolute Gasteiger partial charge is 0.338 e. The quantitative estimate of drug-likeness (QED) is 0.753. The molecule has 0 spiro atoms. The molecule has 2 amide bonds. The van der Waals surface area contributed by atoms with Crippen LogP contribution in [0.15, 0.2) is 46.5 Å². The second-order valence-electron chi connectivity index (χ2n) is 7.91. The maximum absolute atomic E-state index is 13.1. The first-order valence-corrected chi connectivity index (χ1v) is 10.7. The molecular formula is C22H25N3O2S. The predicted octanol–water partition coefficient (Wildman–Crippen LogP) is 4.47. The molecule has 6 heteroatoms. The maximum Gasteiger partial charge on any atom is 0.261 e. The van der Waals surface area contributed by atoms with E-state index in [2.05, 4.69) is 11.9 Å². The molecule has 0 saturated carbocycles. The van der Waals surface area contributed by atoms with E-state index in [1.807, 2.05) is 43.0 Å². The first-order chi connectivity index (χ1) is 13.5. The zero-order valence-electron chi connectivity index (χ0n) is 16.5. The van der Waals surface area contributed by atoms with Crippen LogP contribution in [0.4, 0.5) is 5.69 Å². The zero-order valence-corrected chi connectivity index (χ0v) is 17.3. The Labute approximate surface area is 170 Å². The minimum atomic E-state index is -0.0479. The molecule has 0 bridgehead atoms. The first kappa shape index (κ1) is 19.0. The molecule has 1 aromatic carbocycles. The highest BCUT2D eigenvalue weighted by Crippen LogP contribution is 2.41. The van der Waals surface area contributed by atoms with Crippen molar-refractivity contribution in [3.63, 3.8) is 0 Å². The lowest BCUT2D eigenvalue weighted by Crippen LogP contribution is -2.39. The van der Waals surface area contributed by atoms with E-state index in [4.69, 9.17) is 0 Å². The number of benzene rings is 1. The van der Waals surface area contributed by atoms with Crippen LogP contribution in [0.2, 0.25) is 0 Å². The van der Waals surface area contributed by atoms with Crippen LogP contribution in [-0.4, -0.2) is 40.8 Å². The lowest BCUT2D eigenvalue weighted by Gasteiger charge is -2.31. The number of likely N-dealkylation sites (tertiary alicyclic amines) is 1. The summed E-state index contributed by atoms with van der Waals surface area (Å²) in [6.07, 6.45) is 3.94. The van der Waals surface area contributed by atoms with E-state index >= 15 is 0 Å². The second-order valence-corrected chi connectivity index (χ2v) is 8.94. The Kier molecular flexibility index (Phi) is 5.15. The van der Waals surface area contributed by atoms with E-state index in [0.29, 0.717) is 22.1 Å². The summed E-state index contributed by atoms with van der Waals surface area (Å²) in [4.78, 5) is 35.3. The van der Waals surface area contributed by atoms with Crippen molar-refractivity contribution < 1.29 is 9.59 Å². The number of fused-ring (bicyclic) bond motifs is 2. The Bertz CT molecular complexity index is 928. The van der Waals surface area contributed by atoms with Crippen LogP contribution in [0.3, 0.4) is 0 Å². The summed E-state index contributed by atoms with van der Waals surface area (Å²) in [7, 11) is 0. The number of amides is 2. The molecule has 5 nitrogen and oxygen atoms in total. The number of hydrogen-bond donors (Lipinski definition) is 0. The standard InChI is InChI=1S/C22H25N3O2S/c1-14(2)25-18-9-8-16(21(26)24-11-5-6-15(3)13-24)12-19(18)28-20-17(22(25)27)7-4-10-23-20/h4,7-10,12,14-15H,5-6,11,13H2,1-3H3/t15-/m1/s1. The van der Waals surface area contributed by atoms with Crippen molar-refractivity contribution in [1.82, 2.24) is 9.88 Å². The highest BCUT2D eigenvalue weighted by atomic mass is 32.2. The predicted molar refractivity (Wildman–Crippen MR) is 111 cm³/mol. The smallest absolute Gasteiger partial charge is 0.261 e. The fourth-order valence-electron chi connectivity index (χ4n) is 3.98. The molecule has 0 radical (unpaired) electrons. The van der Waals surface area contributed by atoms with Gasteiger partial charge in [0, 0.05) is 35.8 Å². The average Bonchev–Trinajstić information content (AvgIpc) is 2.80. The van der Waals surface area contributed by atoms with E-state index < -0.39 is 0 Å². The van der Waals surface area contributed by atoms with E-state index in [0.717, 1.165) is 30.1 Å². The van der Waals surface area contributed by atoms with Gasteiger partial charge in [-0.05, 0) is 62.9 Å². The van der Waals surface area contributed by atoms with Crippen molar-refractivity contribution in [1.29, 1.82) is 0 Å². The molecule has 4 rings (SSSR count). The molecule has 1 atom stereocenters. The third-order valence-electron chi connectivity index (χ3n) is 5.35. The molecule has 2 aliphatic heterocycles. The van der Waals surface area contributed by atoms with Crippen LogP contribution in [0.5, 0.6) is 0 Å². The molecule has 3 heterocycles. The van der Waals surface area contributed by atoms with Gasteiger partial charge >= 0.3 is 0 Å². The monoisotopic (exact) mass is 395 g/mol. The lowest BCUT2D eigenvalue weighted by molar-refractivity contribution is 0.0682. The SMILES string of the molecule is CC(C)N1C(=O)c2cccnc2Sc2cc(C(=O)N3CCC[C@@H](C)C3)ccc21. The van der Waals surface area contributed by atoms with Crippen LogP contribution in [0, 0.1) is 5.92 Å². The van der Waals surface area contributed by atoms with Crippen LogP contribution in [0.1, 0.15) is 54.3 Å². The van der Waals surface area contributed by atoms with Gasteiger partial charge in [0.15, 0.2) is 0 Å². The van der Waals surface area contributed by atoms with Gasteiger partial charge in [-0.2, -0.15) is 0 Å². The van der Waals surface area contributed by atoms with Gasteiger partial charge in [0.1, 0.15) is 5.03 Å². The fraction of sp³-hybridized carbons (Fsp3) is 0.409. The average molecular weight is 396 g/mol. The summed E-state index contributed by atoms with van der Waals surface area (Å²) in [5.74, 6) is 0.564. The van der Waals surface area contributed by atoms with Gasteiger partial charge in [-0.25, -0.2) is 4.98 Å². The number of nitrogens with zero attached hydrogens (tertiary/aromatic N) is 3. The Morgan fingerprint density at radius 1 is 1.29 bits per heavy atom. The molecule has 0 unspecified atom stereocenters. The number of carbonyl (C=O) groups excluding carboxylic acids is 2. The summed E-state index contributed by atoms with van der Waals surface area (Å²) in [5, 5.41) is 0.688. The van der Waals surface area contributed by atoms with Crippen molar-refractivity contribution in [2.24, 2.45) is 5.92 Å². The normalized spacial score (nSPS) is 19.3. The summed E-state index contributed by atoms with van der Waals surface area (Å²) in [5.41, 5.74) is 2.12. The second kappa shape index (κ2) is 7.59. The third-order valence-corrected chi connectivity index (χ3v) is 6.42. The fourth-order valence-corrected chi connectivity index (χ4v) is 5.02. The lowest BCUT2D eigenvalue weighted by atomic mass is 9.99. The van der Waals surface area contributed by atoms with Gasteiger partial charge in [0.25, 0.3) is 11.8 Å².